The Morgan fingerprint density at radius 1 is 1.29 bits per heavy atom. The summed E-state index contributed by atoms with van der Waals surface area (Å²) in [4.78, 5) is 34.8. The number of methoxy groups -OCH3 is 2. The lowest BCUT2D eigenvalue weighted by atomic mass is 10.1. The van der Waals surface area contributed by atoms with Crippen molar-refractivity contribution in [3.05, 3.63) is 27.8 Å². The van der Waals surface area contributed by atoms with Crippen molar-refractivity contribution >= 4 is 39.7 Å². The molecular weight excluding hydrogens is 396 g/mol. The Morgan fingerprint density at radius 3 is 2.36 bits per heavy atom. The average molecular weight is 416 g/mol. The van der Waals surface area contributed by atoms with Gasteiger partial charge in [-0.1, -0.05) is 0 Å². The molecule has 28 heavy (non-hydrogen) atoms. The Hall–Kier alpha value is -3.22. The predicted octanol–water partition coefficient (Wildman–Crippen LogP) is 0.633. The second-order valence-electron chi connectivity index (χ2n) is 5.67. The van der Waals surface area contributed by atoms with Gasteiger partial charge >= 0.3 is 11.9 Å². The van der Waals surface area contributed by atoms with Crippen LogP contribution < -0.4 is 5.32 Å². The molecule has 0 spiro atoms. The van der Waals surface area contributed by atoms with E-state index in [-0.39, 0.29) is 5.56 Å². The third-order valence-electron chi connectivity index (χ3n) is 3.31. The van der Waals surface area contributed by atoms with Gasteiger partial charge in [0, 0.05) is 20.2 Å². The van der Waals surface area contributed by atoms with Crippen LogP contribution in [0.3, 0.4) is 0 Å². The van der Waals surface area contributed by atoms with Crippen LogP contribution in [0.4, 0.5) is 11.4 Å². The van der Waals surface area contributed by atoms with Crippen molar-refractivity contribution in [1.29, 1.82) is 0 Å². The number of carbonyl (C=O) groups is 2. The van der Waals surface area contributed by atoms with E-state index in [4.69, 9.17) is 0 Å². The highest BCUT2D eigenvalue weighted by atomic mass is 32.2. The van der Waals surface area contributed by atoms with Crippen molar-refractivity contribution in [3.8, 4) is 0 Å². The Balaban J connectivity index is 3.80. The zero-order chi connectivity index (χ0) is 21.6. The van der Waals surface area contributed by atoms with Crippen molar-refractivity contribution < 1.29 is 32.4 Å². The predicted molar refractivity (Wildman–Crippen MR) is 98.9 cm³/mol. The molecule has 0 saturated heterocycles. The third-order valence-corrected chi connectivity index (χ3v) is 4.56. The smallest absolute Gasteiger partial charge is 0.338 e. The van der Waals surface area contributed by atoms with Crippen molar-refractivity contribution in [1.82, 2.24) is 4.90 Å². The zero-order valence-corrected chi connectivity index (χ0v) is 16.6. The van der Waals surface area contributed by atoms with Gasteiger partial charge in [-0.05, 0) is 13.0 Å². The van der Waals surface area contributed by atoms with E-state index in [1.165, 1.54) is 25.9 Å². The molecule has 1 aromatic rings. The summed E-state index contributed by atoms with van der Waals surface area (Å²) in [6.45, 7) is 1.32. The van der Waals surface area contributed by atoms with E-state index in [2.05, 4.69) is 19.2 Å². The molecule has 1 atom stereocenters. The number of anilines is 1. The summed E-state index contributed by atoms with van der Waals surface area (Å²) in [5, 5.41) is 14.0. The standard InChI is InChI=1S/C15H20N4O8S/c1-9(14(20)26-4)17-13-11(19(22)23)6-10(15(21)27-5)7-12(13)28(24,25)16-8-18(2)3/h6-9,17H,1-5H3. The lowest BCUT2D eigenvalue weighted by molar-refractivity contribution is -0.384. The minimum atomic E-state index is -4.48. The summed E-state index contributed by atoms with van der Waals surface area (Å²) in [5.41, 5.74) is -1.63. The van der Waals surface area contributed by atoms with Crippen LogP contribution in [-0.2, 0) is 24.3 Å². The molecule has 0 aliphatic heterocycles. The highest BCUT2D eigenvalue weighted by molar-refractivity contribution is 7.90. The van der Waals surface area contributed by atoms with Crippen molar-refractivity contribution in [3.63, 3.8) is 0 Å². The van der Waals surface area contributed by atoms with Crippen molar-refractivity contribution in [2.24, 2.45) is 4.40 Å². The summed E-state index contributed by atoms with van der Waals surface area (Å²) in [7, 11) is 0.699. The first kappa shape index (κ1) is 22.8. The van der Waals surface area contributed by atoms with Gasteiger partial charge in [0.2, 0.25) is 0 Å². The maximum absolute atomic E-state index is 12.7. The molecule has 154 valence electrons. The first-order chi connectivity index (χ1) is 12.9. The maximum atomic E-state index is 12.7. The Kier molecular flexibility index (Phi) is 7.43. The molecule has 1 unspecified atom stereocenters. The fourth-order valence-corrected chi connectivity index (χ4v) is 3.12. The topological polar surface area (TPSA) is 158 Å². The molecule has 1 aromatic carbocycles. The summed E-state index contributed by atoms with van der Waals surface area (Å²) in [6, 6.07) is 0.597. The highest BCUT2D eigenvalue weighted by Crippen LogP contribution is 2.35. The van der Waals surface area contributed by atoms with Gasteiger partial charge in [0.25, 0.3) is 15.7 Å². The van der Waals surface area contributed by atoms with Gasteiger partial charge in [-0.2, -0.15) is 8.42 Å². The molecule has 0 aliphatic rings. The van der Waals surface area contributed by atoms with E-state index in [0.29, 0.717) is 0 Å². The molecule has 0 heterocycles. The van der Waals surface area contributed by atoms with Gasteiger partial charge in [-0.15, -0.1) is 4.40 Å². The van der Waals surface area contributed by atoms with Crippen LogP contribution in [-0.4, -0.2) is 70.9 Å². The van der Waals surface area contributed by atoms with E-state index in [0.717, 1.165) is 32.7 Å². The number of nitro groups is 1. The Morgan fingerprint density at radius 2 is 1.89 bits per heavy atom. The number of hydrogen-bond acceptors (Lipinski definition) is 9. The summed E-state index contributed by atoms with van der Waals surface area (Å²) in [5.74, 6) is -1.77. The molecule has 1 N–H and O–H groups in total. The molecule has 0 radical (unpaired) electrons. The number of sulfonamides is 1. The van der Waals surface area contributed by atoms with E-state index in [9.17, 15) is 28.1 Å². The van der Waals surface area contributed by atoms with Crippen LogP contribution in [0.1, 0.15) is 17.3 Å². The SMILES string of the molecule is COC(=O)c1cc([N+](=O)[O-])c(NC(C)C(=O)OC)c(S(=O)(=O)N=CN(C)C)c1. The number of carbonyl (C=O) groups excluding carboxylic acids is 2. The fourth-order valence-electron chi connectivity index (χ4n) is 1.99. The maximum Gasteiger partial charge on any atom is 0.338 e. The number of benzene rings is 1. The number of ether oxygens (including phenoxy) is 2. The number of nitrogens with zero attached hydrogens (tertiary/aromatic N) is 3. The zero-order valence-electron chi connectivity index (χ0n) is 15.8. The second-order valence-corrected chi connectivity index (χ2v) is 7.27. The number of rotatable bonds is 8. The van der Waals surface area contributed by atoms with Gasteiger partial charge in [-0.3, -0.25) is 10.1 Å². The normalized spacial score (nSPS) is 12.3. The number of esters is 2. The van der Waals surface area contributed by atoms with Crippen LogP contribution in [0.25, 0.3) is 0 Å². The van der Waals surface area contributed by atoms with Gasteiger partial charge in [0.15, 0.2) is 0 Å². The van der Waals surface area contributed by atoms with E-state index in [1.807, 2.05) is 0 Å². The Bertz CT molecular complexity index is 911. The molecule has 1 rings (SSSR count). The first-order valence-corrected chi connectivity index (χ1v) is 9.10. The first-order valence-electron chi connectivity index (χ1n) is 7.66. The average Bonchev–Trinajstić information content (AvgIpc) is 2.64. The molecule has 0 aliphatic carbocycles. The monoisotopic (exact) mass is 416 g/mol. The van der Waals surface area contributed by atoms with E-state index >= 15 is 0 Å². The lowest BCUT2D eigenvalue weighted by Crippen LogP contribution is -2.28. The van der Waals surface area contributed by atoms with Crippen LogP contribution in [0.2, 0.25) is 0 Å². The lowest BCUT2D eigenvalue weighted by Gasteiger charge is -2.16. The van der Waals surface area contributed by atoms with Gasteiger partial charge in [0.05, 0.1) is 24.7 Å². The molecule has 0 saturated carbocycles. The number of nitro benzene ring substituents is 1. The van der Waals surface area contributed by atoms with Crippen LogP contribution >= 0.6 is 0 Å². The minimum absolute atomic E-state index is 0.371. The van der Waals surface area contributed by atoms with Gasteiger partial charge in [-0.25, -0.2) is 9.59 Å². The second kappa shape index (κ2) is 9.12. The molecular formula is C15H20N4O8S. The quantitative estimate of drug-likeness (QED) is 0.209. The third kappa shape index (κ3) is 5.39. The molecule has 0 aromatic heterocycles. The molecule has 0 fully saturated rings. The van der Waals surface area contributed by atoms with E-state index < -0.39 is 49.2 Å². The number of nitrogens with one attached hydrogen (secondary N) is 1. The minimum Gasteiger partial charge on any atom is -0.467 e. The largest absolute Gasteiger partial charge is 0.467 e. The highest BCUT2D eigenvalue weighted by Gasteiger charge is 2.31. The molecule has 0 amide bonds. The van der Waals surface area contributed by atoms with Gasteiger partial charge in [0.1, 0.15) is 23.0 Å². The summed E-state index contributed by atoms with van der Waals surface area (Å²) in [6.07, 6.45) is 0.972. The molecule has 12 nitrogen and oxygen atoms in total. The fraction of sp³-hybridized carbons (Fsp3) is 0.400. The van der Waals surface area contributed by atoms with Crippen LogP contribution in [0, 0.1) is 10.1 Å². The number of hydrogen-bond donors (Lipinski definition) is 1. The van der Waals surface area contributed by atoms with Crippen LogP contribution in [0.5, 0.6) is 0 Å². The molecule has 0 bridgehead atoms. The van der Waals surface area contributed by atoms with E-state index in [1.54, 1.807) is 0 Å². The molecule has 13 heteroatoms. The van der Waals surface area contributed by atoms with Crippen molar-refractivity contribution in [2.45, 2.75) is 17.9 Å². The van der Waals surface area contributed by atoms with Gasteiger partial charge < -0.3 is 19.7 Å². The van der Waals surface area contributed by atoms with Crippen LogP contribution in [0.15, 0.2) is 21.4 Å². The summed E-state index contributed by atoms with van der Waals surface area (Å²) < 4.78 is 37.8. The summed E-state index contributed by atoms with van der Waals surface area (Å²) >= 11 is 0. The Labute approximate surface area is 161 Å². The van der Waals surface area contributed by atoms with Crippen molar-refractivity contribution in [2.75, 3.05) is 33.6 Å².